The molecule has 3 amide bonds. The summed E-state index contributed by atoms with van der Waals surface area (Å²) in [6, 6.07) is 12.9. The molecule has 7 heteroatoms. The van der Waals surface area contributed by atoms with Gasteiger partial charge in [0, 0.05) is 41.8 Å². The van der Waals surface area contributed by atoms with E-state index in [9.17, 15) is 14.4 Å². The Kier molecular flexibility index (Phi) is 6.04. The Morgan fingerprint density at radius 3 is 2.50 bits per heavy atom. The number of amides is 3. The van der Waals surface area contributed by atoms with Crippen molar-refractivity contribution in [2.45, 2.75) is 18.2 Å². The Hall–Kier alpha value is -2.80. The molecule has 1 aliphatic rings. The normalized spacial score (nSPS) is 16.2. The molecule has 0 radical (unpaired) electrons. The van der Waals surface area contributed by atoms with Crippen LogP contribution in [0.5, 0.6) is 0 Å². The number of carbonyl (C=O) groups is 3. The van der Waals surface area contributed by atoms with Gasteiger partial charge in [-0.05, 0) is 55.1 Å². The van der Waals surface area contributed by atoms with Gasteiger partial charge in [-0.2, -0.15) is 0 Å². The molecular weight excluding hydrogens is 374 g/mol. The average Bonchev–Trinajstić information content (AvgIpc) is 3.11. The van der Waals surface area contributed by atoms with E-state index in [1.807, 2.05) is 30.5 Å². The minimum Gasteiger partial charge on any atom is -0.355 e. The van der Waals surface area contributed by atoms with Gasteiger partial charge in [0.15, 0.2) is 0 Å². The summed E-state index contributed by atoms with van der Waals surface area (Å²) in [5, 5.41) is 5.47. The molecule has 2 aromatic rings. The molecule has 1 atom stereocenters. The molecule has 1 unspecified atom stereocenters. The van der Waals surface area contributed by atoms with Crippen molar-refractivity contribution >= 4 is 40.9 Å². The second-order valence-electron chi connectivity index (χ2n) is 6.65. The summed E-state index contributed by atoms with van der Waals surface area (Å²) < 4.78 is 0. The lowest BCUT2D eigenvalue weighted by Gasteiger charge is -2.17. The van der Waals surface area contributed by atoms with Crippen LogP contribution in [0.2, 0.25) is 0 Å². The zero-order valence-corrected chi connectivity index (χ0v) is 16.9. The van der Waals surface area contributed by atoms with E-state index in [2.05, 4.69) is 10.6 Å². The van der Waals surface area contributed by atoms with Crippen molar-refractivity contribution in [2.75, 3.05) is 30.1 Å². The lowest BCUT2D eigenvalue weighted by atomic mass is 10.0. The summed E-state index contributed by atoms with van der Waals surface area (Å²) in [4.78, 5) is 39.9. The highest BCUT2D eigenvalue weighted by Gasteiger charge is 2.35. The first-order valence-corrected chi connectivity index (χ1v) is 10.2. The van der Waals surface area contributed by atoms with Crippen LogP contribution >= 0.6 is 11.8 Å². The molecule has 0 saturated carbocycles. The molecule has 1 fully saturated rings. The first kappa shape index (κ1) is 19.9. The number of hydrogen-bond donors (Lipinski definition) is 2. The number of thioether (sulfide) groups is 1. The van der Waals surface area contributed by atoms with E-state index in [1.165, 1.54) is 0 Å². The van der Waals surface area contributed by atoms with E-state index < -0.39 is 5.92 Å². The molecule has 6 nitrogen and oxygen atoms in total. The predicted molar refractivity (Wildman–Crippen MR) is 112 cm³/mol. The van der Waals surface area contributed by atoms with Gasteiger partial charge in [-0.15, -0.1) is 11.8 Å². The fourth-order valence-electron chi connectivity index (χ4n) is 3.28. The molecule has 1 aliphatic heterocycles. The van der Waals surface area contributed by atoms with Gasteiger partial charge in [-0.25, -0.2) is 0 Å². The third-order valence-electron chi connectivity index (χ3n) is 4.94. The second-order valence-corrected chi connectivity index (χ2v) is 7.53. The third kappa shape index (κ3) is 4.04. The van der Waals surface area contributed by atoms with Gasteiger partial charge >= 0.3 is 0 Å². The summed E-state index contributed by atoms with van der Waals surface area (Å²) in [5.74, 6) is -0.915. The average molecular weight is 398 g/mol. The van der Waals surface area contributed by atoms with Gasteiger partial charge < -0.3 is 15.5 Å². The molecule has 0 aromatic heterocycles. The number of anilines is 2. The molecule has 146 valence electrons. The molecule has 3 rings (SSSR count). The molecule has 0 spiro atoms. The van der Waals surface area contributed by atoms with Gasteiger partial charge in [0.1, 0.15) is 0 Å². The van der Waals surface area contributed by atoms with Crippen molar-refractivity contribution in [2.24, 2.45) is 5.92 Å². The summed E-state index contributed by atoms with van der Waals surface area (Å²) in [5.41, 5.74) is 2.60. The maximum Gasteiger partial charge on any atom is 0.251 e. The third-order valence-corrected chi connectivity index (χ3v) is 5.69. The number of benzene rings is 2. The van der Waals surface area contributed by atoms with Crippen LogP contribution in [0.4, 0.5) is 11.4 Å². The Balaban J connectivity index is 1.72. The molecule has 0 aliphatic carbocycles. The first-order valence-electron chi connectivity index (χ1n) is 9.01. The lowest BCUT2D eigenvalue weighted by Crippen LogP contribution is -2.28. The smallest absolute Gasteiger partial charge is 0.251 e. The number of rotatable bonds is 5. The maximum atomic E-state index is 12.7. The van der Waals surface area contributed by atoms with Crippen LogP contribution in [0, 0.1) is 12.8 Å². The van der Waals surface area contributed by atoms with E-state index >= 15 is 0 Å². The standard InChI is InChI=1S/C21H23N3O3S/c1-13-17(21(27)22-2)5-4-6-18(13)23-20(26)14-11-19(25)24(12-14)15-7-9-16(28-3)10-8-15/h4-10,14H,11-12H2,1-3H3,(H,22,27)(H,23,26). The molecule has 2 aromatic carbocycles. The molecule has 0 bridgehead atoms. The SMILES string of the molecule is CNC(=O)c1cccc(NC(=O)C2CC(=O)N(c3ccc(SC)cc3)C2)c1C. The highest BCUT2D eigenvalue weighted by molar-refractivity contribution is 7.98. The Labute approximate surface area is 168 Å². The van der Waals surface area contributed by atoms with Gasteiger partial charge in [-0.3, -0.25) is 14.4 Å². The highest BCUT2D eigenvalue weighted by atomic mass is 32.2. The maximum absolute atomic E-state index is 12.7. The van der Waals surface area contributed by atoms with E-state index in [0.717, 1.165) is 10.6 Å². The van der Waals surface area contributed by atoms with Crippen molar-refractivity contribution in [3.05, 3.63) is 53.6 Å². The van der Waals surface area contributed by atoms with Crippen molar-refractivity contribution < 1.29 is 14.4 Å². The summed E-state index contributed by atoms with van der Waals surface area (Å²) in [6.07, 6.45) is 2.17. The summed E-state index contributed by atoms with van der Waals surface area (Å²) >= 11 is 1.64. The minimum atomic E-state index is -0.434. The zero-order valence-electron chi connectivity index (χ0n) is 16.1. The molecular formula is C21H23N3O3S. The van der Waals surface area contributed by atoms with Crippen molar-refractivity contribution in [3.63, 3.8) is 0 Å². The van der Waals surface area contributed by atoms with E-state index in [0.29, 0.717) is 23.4 Å². The summed E-state index contributed by atoms with van der Waals surface area (Å²) in [6.45, 7) is 2.14. The van der Waals surface area contributed by atoms with Crippen molar-refractivity contribution in [3.8, 4) is 0 Å². The quantitative estimate of drug-likeness (QED) is 0.760. The number of carbonyl (C=O) groups excluding carboxylic acids is 3. The first-order chi connectivity index (χ1) is 13.4. The van der Waals surface area contributed by atoms with E-state index in [4.69, 9.17) is 0 Å². The van der Waals surface area contributed by atoms with Crippen LogP contribution < -0.4 is 15.5 Å². The number of hydrogen-bond acceptors (Lipinski definition) is 4. The van der Waals surface area contributed by atoms with Crippen LogP contribution in [0.25, 0.3) is 0 Å². The van der Waals surface area contributed by atoms with Crippen LogP contribution in [0.15, 0.2) is 47.4 Å². The topological polar surface area (TPSA) is 78.5 Å². The van der Waals surface area contributed by atoms with Crippen LogP contribution in [0.1, 0.15) is 22.3 Å². The Bertz CT molecular complexity index is 912. The van der Waals surface area contributed by atoms with Crippen LogP contribution in [-0.4, -0.2) is 37.6 Å². The van der Waals surface area contributed by atoms with Gasteiger partial charge in [0.25, 0.3) is 5.91 Å². The Morgan fingerprint density at radius 2 is 1.86 bits per heavy atom. The fourth-order valence-corrected chi connectivity index (χ4v) is 3.69. The molecule has 1 heterocycles. The van der Waals surface area contributed by atoms with Gasteiger partial charge in [-0.1, -0.05) is 6.07 Å². The number of nitrogens with zero attached hydrogens (tertiary/aromatic N) is 1. The monoisotopic (exact) mass is 397 g/mol. The fraction of sp³-hybridized carbons (Fsp3) is 0.286. The molecule has 2 N–H and O–H groups in total. The molecule has 28 heavy (non-hydrogen) atoms. The van der Waals surface area contributed by atoms with Gasteiger partial charge in [0.05, 0.1) is 5.92 Å². The minimum absolute atomic E-state index is 0.0621. The van der Waals surface area contributed by atoms with Crippen LogP contribution in [0.3, 0.4) is 0 Å². The zero-order chi connectivity index (χ0) is 20.3. The van der Waals surface area contributed by atoms with Crippen LogP contribution in [-0.2, 0) is 9.59 Å². The highest BCUT2D eigenvalue weighted by Crippen LogP contribution is 2.28. The molecule has 1 saturated heterocycles. The van der Waals surface area contributed by atoms with Crippen molar-refractivity contribution in [1.29, 1.82) is 0 Å². The van der Waals surface area contributed by atoms with Gasteiger partial charge in [0.2, 0.25) is 11.8 Å². The largest absolute Gasteiger partial charge is 0.355 e. The lowest BCUT2D eigenvalue weighted by molar-refractivity contribution is -0.122. The number of nitrogens with one attached hydrogen (secondary N) is 2. The predicted octanol–water partition coefficient (Wildman–Crippen LogP) is 3.07. The van der Waals surface area contributed by atoms with E-state index in [1.54, 1.807) is 48.8 Å². The Morgan fingerprint density at radius 1 is 1.14 bits per heavy atom. The van der Waals surface area contributed by atoms with Crippen molar-refractivity contribution in [1.82, 2.24) is 5.32 Å². The van der Waals surface area contributed by atoms with E-state index in [-0.39, 0.29) is 24.1 Å². The summed E-state index contributed by atoms with van der Waals surface area (Å²) in [7, 11) is 1.57. The second kappa shape index (κ2) is 8.48.